The van der Waals surface area contributed by atoms with Gasteiger partial charge in [-0.25, -0.2) is 0 Å². The van der Waals surface area contributed by atoms with Crippen LogP contribution in [0.2, 0.25) is 0 Å². The van der Waals surface area contributed by atoms with Gasteiger partial charge in [-0.3, -0.25) is 4.72 Å². The molecule has 0 amide bonds. The third-order valence-electron chi connectivity index (χ3n) is 3.35. The quantitative estimate of drug-likeness (QED) is 0.419. The molecule has 0 spiro atoms. The lowest BCUT2D eigenvalue weighted by molar-refractivity contribution is 0.282. The maximum absolute atomic E-state index is 11.9. The molecule has 0 saturated carbocycles. The summed E-state index contributed by atoms with van der Waals surface area (Å²) in [6, 6.07) is 13.5. The van der Waals surface area contributed by atoms with Crippen LogP contribution in [0.3, 0.4) is 0 Å². The van der Waals surface area contributed by atoms with E-state index in [1.165, 1.54) is 14.1 Å². The average Bonchev–Trinajstić information content (AvgIpc) is 2.55. The number of hydrogen-bond acceptors (Lipinski definition) is 5. The number of aliphatic hydroxyl groups is 1. The van der Waals surface area contributed by atoms with Crippen molar-refractivity contribution in [3.63, 3.8) is 0 Å². The Balaban J connectivity index is 2.39. The molecule has 2 aromatic rings. The lowest BCUT2D eigenvalue weighted by atomic mass is 10.0. The van der Waals surface area contributed by atoms with Gasteiger partial charge in [-0.1, -0.05) is 35.5 Å². The highest BCUT2D eigenvalue weighted by atomic mass is 32.2. The van der Waals surface area contributed by atoms with Gasteiger partial charge in [-0.15, -0.1) is 0 Å². The Kier molecular flexibility index (Phi) is 5.55. The number of nitrogens with one attached hydrogen (secondary N) is 1. The maximum atomic E-state index is 11.9. The second-order valence-corrected chi connectivity index (χ2v) is 7.16. The van der Waals surface area contributed by atoms with Crippen LogP contribution in [0.1, 0.15) is 16.7 Å². The van der Waals surface area contributed by atoms with Crippen molar-refractivity contribution in [2.75, 3.05) is 18.8 Å². The van der Waals surface area contributed by atoms with E-state index in [4.69, 9.17) is 0 Å². The minimum absolute atomic E-state index is 0.130. The standard InChI is InChI=1S/C16H19N3O4S/c1-19(2)24(22,23)18-15-8-4-7-14(10-15)16(17-21)13-6-3-5-12(9-13)11-20/h3-10,18,20-21H,11H2,1-2H3/b17-16+. The Morgan fingerprint density at radius 1 is 1.12 bits per heavy atom. The summed E-state index contributed by atoms with van der Waals surface area (Å²) < 4.78 is 27.3. The molecule has 3 N–H and O–H groups in total. The molecule has 0 radical (unpaired) electrons. The minimum Gasteiger partial charge on any atom is -0.410 e. The van der Waals surface area contributed by atoms with E-state index in [2.05, 4.69) is 9.88 Å². The maximum Gasteiger partial charge on any atom is 0.301 e. The highest BCUT2D eigenvalue weighted by Crippen LogP contribution is 2.18. The summed E-state index contributed by atoms with van der Waals surface area (Å²) in [7, 11) is -0.780. The molecule has 2 rings (SSSR count). The van der Waals surface area contributed by atoms with E-state index in [1.54, 1.807) is 48.5 Å². The van der Waals surface area contributed by atoms with Crippen LogP contribution in [-0.4, -0.2) is 42.8 Å². The molecule has 0 fully saturated rings. The molecule has 2 aromatic carbocycles. The highest BCUT2D eigenvalue weighted by Gasteiger charge is 2.14. The van der Waals surface area contributed by atoms with Crippen molar-refractivity contribution in [3.8, 4) is 0 Å². The van der Waals surface area contributed by atoms with E-state index < -0.39 is 10.2 Å². The number of nitrogens with zero attached hydrogens (tertiary/aromatic N) is 2. The number of benzene rings is 2. The molecule has 7 nitrogen and oxygen atoms in total. The lowest BCUT2D eigenvalue weighted by Crippen LogP contribution is -2.29. The summed E-state index contributed by atoms with van der Waals surface area (Å²) in [5.74, 6) is 0. The van der Waals surface area contributed by atoms with Crippen LogP contribution < -0.4 is 4.72 Å². The average molecular weight is 349 g/mol. The highest BCUT2D eigenvalue weighted by molar-refractivity contribution is 7.90. The number of aliphatic hydroxyl groups excluding tert-OH is 1. The summed E-state index contributed by atoms with van der Waals surface area (Å²) in [4.78, 5) is 0. The number of anilines is 1. The largest absolute Gasteiger partial charge is 0.410 e. The first-order valence-corrected chi connectivity index (χ1v) is 8.54. The smallest absolute Gasteiger partial charge is 0.301 e. The van der Waals surface area contributed by atoms with Crippen LogP contribution in [0.4, 0.5) is 5.69 Å². The Labute approximate surface area is 141 Å². The van der Waals surface area contributed by atoms with Gasteiger partial charge in [0.05, 0.1) is 12.3 Å². The summed E-state index contributed by atoms with van der Waals surface area (Å²) >= 11 is 0. The fourth-order valence-corrected chi connectivity index (χ4v) is 2.68. The molecule has 0 heterocycles. The molecular formula is C16H19N3O4S. The second-order valence-electron chi connectivity index (χ2n) is 5.28. The van der Waals surface area contributed by atoms with Crippen molar-refractivity contribution in [2.24, 2.45) is 5.16 Å². The zero-order valence-corrected chi connectivity index (χ0v) is 14.2. The summed E-state index contributed by atoms with van der Waals surface area (Å²) in [5.41, 5.74) is 2.44. The fraction of sp³-hybridized carbons (Fsp3) is 0.188. The number of hydrogen-bond donors (Lipinski definition) is 3. The van der Waals surface area contributed by atoms with Gasteiger partial charge in [0.25, 0.3) is 0 Å². The van der Waals surface area contributed by atoms with Crippen LogP contribution in [0.5, 0.6) is 0 Å². The predicted octanol–water partition coefficient (Wildman–Crippen LogP) is 1.62. The van der Waals surface area contributed by atoms with Crippen molar-refractivity contribution >= 4 is 21.6 Å². The predicted molar refractivity (Wildman–Crippen MR) is 92.5 cm³/mol. The molecule has 0 aromatic heterocycles. The molecule has 0 atom stereocenters. The van der Waals surface area contributed by atoms with Crippen LogP contribution in [0.25, 0.3) is 0 Å². The molecule has 0 saturated heterocycles. The van der Waals surface area contributed by atoms with Crippen molar-refractivity contribution in [1.29, 1.82) is 0 Å². The first kappa shape index (κ1) is 17.9. The van der Waals surface area contributed by atoms with E-state index in [-0.39, 0.29) is 12.3 Å². The van der Waals surface area contributed by atoms with Crippen LogP contribution in [-0.2, 0) is 16.8 Å². The SMILES string of the molecule is CN(C)S(=O)(=O)Nc1cccc(/C(=N/O)c2cccc(CO)c2)c1. The lowest BCUT2D eigenvalue weighted by Gasteiger charge is -2.14. The van der Waals surface area contributed by atoms with Crippen molar-refractivity contribution in [2.45, 2.75) is 6.61 Å². The summed E-state index contributed by atoms with van der Waals surface area (Å²) in [6.07, 6.45) is 0. The van der Waals surface area contributed by atoms with E-state index in [0.29, 0.717) is 22.4 Å². The van der Waals surface area contributed by atoms with Gasteiger partial charge in [0.15, 0.2) is 0 Å². The monoisotopic (exact) mass is 349 g/mol. The van der Waals surface area contributed by atoms with Gasteiger partial charge >= 0.3 is 10.2 Å². The zero-order valence-electron chi connectivity index (χ0n) is 13.3. The minimum atomic E-state index is -3.63. The zero-order chi connectivity index (χ0) is 17.7. The van der Waals surface area contributed by atoms with Gasteiger partial charge in [-0.05, 0) is 23.8 Å². The van der Waals surface area contributed by atoms with Crippen LogP contribution in [0.15, 0.2) is 53.7 Å². The Hall–Kier alpha value is -2.42. The second kappa shape index (κ2) is 7.43. The molecule has 0 aliphatic rings. The molecule has 128 valence electrons. The van der Waals surface area contributed by atoms with Crippen LogP contribution >= 0.6 is 0 Å². The van der Waals surface area contributed by atoms with Crippen LogP contribution in [0, 0.1) is 0 Å². The third-order valence-corrected chi connectivity index (χ3v) is 4.80. The van der Waals surface area contributed by atoms with Gasteiger partial charge < -0.3 is 10.3 Å². The molecule has 0 unspecified atom stereocenters. The third kappa shape index (κ3) is 4.10. The molecule has 8 heteroatoms. The Morgan fingerprint density at radius 2 is 1.75 bits per heavy atom. The first-order chi connectivity index (χ1) is 11.4. The Bertz CT molecular complexity index is 848. The first-order valence-electron chi connectivity index (χ1n) is 7.10. The molecule has 24 heavy (non-hydrogen) atoms. The van der Waals surface area contributed by atoms with Gasteiger partial charge in [-0.2, -0.15) is 12.7 Å². The van der Waals surface area contributed by atoms with Gasteiger partial charge in [0, 0.05) is 25.2 Å². The number of rotatable bonds is 6. The molecular weight excluding hydrogens is 330 g/mol. The van der Waals surface area contributed by atoms with Gasteiger partial charge in [0.1, 0.15) is 5.71 Å². The van der Waals surface area contributed by atoms with E-state index >= 15 is 0 Å². The van der Waals surface area contributed by atoms with E-state index in [1.807, 2.05) is 0 Å². The molecule has 0 aliphatic heterocycles. The number of oxime groups is 1. The van der Waals surface area contributed by atoms with Gasteiger partial charge in [0.2, 0.25) is 0 Å². The van der Waals surface area contributed by atoms with E-state index in [9.17, 15) is 18.7 Å². The van der Waals surface area contributed by atoms with Crippen molar-refractivity contribution in [1.82, 2.24) is 4.31 Å². The van der Waals surface area contributed by atoms with E-state index in [0.717, 1.165) is 4.31 Å². The molecule has 0 aliphatic carbocycles. The Morgan fingerprint density at radius 3 is 2.33 bits per heavy atom. The van der Waals surface area contributed by atoms with Crippen molar-refractivity contribution < 1.29 is 18.7 Å². The summed E-state index contributed by atoms with van der Waals surface area (Å²) in [6.45, 7) is -0.130. The molecule has 0 bridgehead atoms. The normalized spacial score (nSPS) is 12.4. The fourth-order valence-electron chi connectivity index (χ4n) is 2.07. The summed E-state index contributed by atoms with van der Waals surface area (Å²) in [5, 5.41) is 21.9. The topological polar surface area (TPSA) is 102 Å². The van der Waals surface area contributed by atoms with Crippen molar-refractivity contribution in [3.05, 3.63) is 65.2 Å².